The van der Waals surface area contributed by atoms with Crippen LogP contribution in [0.1, 0.15) is 40.0 Å². The molecule has 144 valence electrons. The number of likely N-dealkylation sites (N-methyl/N-ethyl adjacent to an activating group) is 1. The monoisotopic (exact) mass is 367 g/mol. The summed E-state index contributed by atoms with van der Waals surface area (Å²) in [6, 6.07) is 15.9. The van der Waals surface area contributed by atoms with Gasteiger partial charge in [-0.2, -0.15) is 0 Å². The fourth-order valence-corrected chi connectivity index (χ4v) is 2.93. The van der Waals surface area contributed by atoms with Crippen LogP contribution < -0.4 is 10.6 Å². The van der Waals surface area contributed by atoms with E-state index in [2.05, 4.69) is 46.7 Å². The van der Waals surface area contributed by atoms with Crippen molar-refractivity contribution in [2.45, 2.75) is 26.3 Å². The molecule has 0 radical (unpaired) electrons. The Hall–Kier alpha value is -2.66. The van der Waals surface area contributed by atoms with Crippen molar-refractivity contribution < 1.29 is 9.59 Å². The molecule has 0 aliphatic rings. The molecule has 0 bridgehead atoms. The topological polar surface area (TPSA) is 61.4 Å². The van der Waals surface area contributed by atoms with Crippen molar-refractivity contribution in [1.82, 2.24) is 15.5 Å². The number of nitrogens with zero attached hydrogens (tertiary/aromatic N) is 1. The second kappa shape index (κ2) is 9.88. The predicted molar refractivity (Wildman–Crippen MR) is 109 cm³/mol. The number of nitrogens with one attached hydrogen (secondary N) is 2. The summed E-state index contributed by atoms with van der Waals surface area (Å²) in [6.07, 6.45) is 1.00. The van der Waals surface area contributed by atoms with Gasteiger partial charge in [-0.15, -0.1) is 0 Å². The standard InChI is InChI=1S/C22H29N3O2/c1-5-17-10-12-18(13-11-17)20(25(3)4)14-23-21(26)15-24-22(27)19-9-7-6-8-16(19)2/h6-13,20H,5,14-15H2,1-4H3,(H,23,26)(H,24,27). The Bertz CT molecular complexity index is 769. The Balaban J connectivity index is 1.88. The zero-order chi connectivity index (χ0) is 19.8. The first kappa shape index (κ1) is 20.6. The fraction of sp³-hybridized carbons (Fsp3) is 0.364. The van der Waals surface area contributed by atoms with Gasteiger partial charge < -0.3 is 15.5 Å². The van der Waals surface area contributed by atoms with E-state index in [1.54, 1.807) is 6.07 Å². The Morgan fingerprint density at radius 1 is 1.00 bits per heavy atom. The van der Waals surface area contributed by atoms with E-state index in [1.807, 2.05) is 39.2 Å². The summed E-state index contributed by atoms with van der Waals surface area (Å²) in [5.41, 5.74) is 3.92. The van der Waals surface area contributed by atoms with Crippen LogP contribution in [0, 0.1) is 6.92 Å². The lowest BCUT2D eigenvalue weighted by Gasteiger charge is -2.25. The average Bonchev–Trinajstić information content (AvgIpc) is 2.67. The van der Waals surface area contributed by atoms with Crippen molar-refractivity contribution in [3.05, 3.63) is 70.8 Å². The van der Waals surface area contributed by atoms with Crippen LogP contribution in [0.25, 0.3) is 0 Å². The molecule has 2 rings (SSSR count). The van der Waals surface area contributed by atoms with Crippen LogP contribution in [0.5, 0.6) is 0 Å². The summed E-state index contributed by atoms with van der Waals surface area (Å²) in [6.45, 7) is 4.45. The number of carbonyl (C=O) groups excluding carboxylic acids is 2. The number of amides is 2. The molecule has 1 atom stereocenters. The molecule has 2 aromatic carbocycles. The van der Waals surface area contributed by atoms with Crippen molar-refractivity contribution in [1.29, 1.82) is 0 Å². The van der Waals surface area contributed by atoms with Crippen molar-refractivity contribution in [2.24, 2.45) is 0 Å². The third kappa shape index (κ3) is 5.93. The minimum atomic E-state index is -0.234. The molecule has 0 spiro atoms. The molecule has 0 heterocycles. The first-order valence-corrected chi connectivity index (χ1v) is 9.28. The predicted octanol–water partition coefficient (Wildman–Crippen LogP) is 2.71. The molecule has 2 aromatic rings. The van der Waals surface area contributed by atoms with Crippen LogP contribution in [-0.2, 0) is 11.2 Å². The normalized spacial score (nSPS) is 11.9. The van der Waals surface area contributed by atoms with Gasteiger partial charge in [0, 0.05) is 12.1 Å². The lowest BCUT2D eigenvalue weighted by atomic mass is 10.0. The van der Waals surface area contributed by atoms with Gasteiger partial charge in [0.1, 0.15) is 0 Å². The Morgan fingerprint density at radius 3 is 2.26 bits per heavy atom. The maximum absolute atomic E-state index is 12.2. The summed E-state index contributed by atoms with van der Waals surface area (Å²) in [5.74, 6) is -0.434. The maximum Gasteiger partial charge on any atom is 0.251 e. The largest absolute Gasteiger partial charge is 0.353 e. The molecular weight excluding hydrogens is 338 g/mol. The smallest absolute Gasteiger partial charge is 0.251 e. The molecule has 0 saturated heterocycles. The second-order valence-corrected chi connectivity index (χ2v) is 6.88. The number of benzene rings is 2. The first-order chi connectivity index (χ1) is 12.9. The van der Waals surface area contributed by atoms with Gasteiger partial charge in [-0.25, -0.2) is 0 Å². The summed E-state index contributed by atoms with van der Waals surface area (Å²) in [4.78, 5) is 26.5. The van der Waals surface area contributed by atoms with Crippen molar-refractivity contribution in [3.8, 4) is 0 Å². The lowest BCUT2D eigenvalue weighted by molar-refractivity contribution is -0.120. The van der Waals surface area contributed by atoms with E-state index in [9.17, 15) is 9.59 Å². The molecular formula is C22H29N3O2. The molecule has 0 saturated carbocycles. The molecule has 0 aromatic heterocycles. The highest BCUT2D eigenvalue weighted by Gasteiger charge is 2.16. The van der Waals surface area contributed by atoms with Crippen molar-refractivity contribution in [3.63, 3.8) is 0 Å². The van der Waals surface area contributed by atoms with E-state index in [4.69, 9.17) is 0 Å². The van der Waals surface area contributed by atoms with Gasteiger partial charge in [-0.3, -0.25) is 9.59 Å². The van der Waals surface area contributed by atoms with Crippen LogP contribution in [0.3, 0.4) is 0 Å². The molecule has 1 unspecified atom stereocenters. The van der Waals surface area contributed by atoms with Gasteiger partial charge in [0.15, 0.2) is 0 Å². The van der Waals surface area contributed by atoms with Crippen molar-refractivity contribution >= 4 is 11.8 Å². The van der Waals surface area contributed by atoms with Crippen LogP contribution in [-0.4, -0.2) is 43.9 Å². The van der Waals surface area contributed by atoms with E-state index in [-0.39, 0.29) is 24.4 Å². The van der Waals surface area contributed by atoms with E-state index in [1.165, 1.54) is 5.56 Å². The summed E-state index contributed by atoms with van der Waals surface area (Å²) in [7, 11) is 3.98. The third-order valence-corrected chi connectivity index (χ3v) is 4.69. The van der Waals surface area contributed by atoms with Crippen LogP contribution >= 0.6 is 0 Å². The minimum Gasteiger partial charge on any atom is -0.353 e. The maximum atomic E-state index is 12.2. The van der Waals surface area contributed by atoms with E-state index in [0.717, 1.165) is 17.5 Å². The number of hydrogen-bond donors (Lipinski definition) is 2. The summed E-state index contributed by atoms with van der Waals surface area (Å²) < 4.78 is 0. The Labute approximate surface area is 161 Å². The van der Waals surface area contributed by atoms with E-state index in [0.29, 0.717) is 12.1 Å². The first-order valence-electron chi connectivity index (χ1n) is 9.28. The quantitative estimate of drug-likeness (QED) is 0.754. The van der Waals surface area contributed by atoms with Gasteiger partial charge >= 0.3 is 0 Å². The summed E-state index contributed by atoms with van der Waals surface area (Å²) >= 11 is 0. The van der Waals surface area contributed by atoms with Crippen molar-refractivity contribution in [2.75, 3.05) is 27.2 Å². The molecule has 27 heavy (non-hydrogen) atoms. The highest BCUT2D eigenvalue weighted by Crippen LogP contribution is 2.18. The SMILES string of the molecule is CCc1ccc(C(CNC(=O)CNC(=O)c2ccccc2C)N(C)C)cc1. The van der Waals surface area contributed by atoms with Crippen LogP contribution in [0.4, 0.5) is 0 Å². The average molecular weight is 367 g/mol. The van der Waals surface area contributed by atoms with Gasteiger partial charge in [0.25, 0.3) is 5.91 Å². The molecule has 5 nitrogen and oxygen atoms in total. The fourth-order valence-electron chi connectivity index (χ4n) is 2.93. The van der Waals surface area contributed by atoms with E-state index >= 15 is 0 Å². The second-order valence-electron chi connectivity index (χ2n) is 6.88. The van der Waals surface area contributed by atoms with Gasteiger partial charge in [0.05, 0.1) is 12.6 Å². The highest BCUT2D eigenvalue weighted by atomic mass is 16.2. The van der Waals surface area contributed by atoms with E-state index < -0.39 is 0 Å². The molecule has 5 heteroatoms. The Kier molecular flexibility index (Phi) is 7.55. The Morgan fingerprint density at radius 2 is 1.67 bits per heavy atom. The zero-order valence-corrected chi connectivity index (χ0v) is 16.6. The molecule has 0 aliphatic carbocycles. The number of rotatable bonds is 8. The van der Waals surface area contributed by atoms with Crippen LogP contribution in [0.2, 0.25) is 0 Å². The third-order valence-electron chi connectivity index (χ3n) is 4.69. The summed E-state index contributed by atoms with van der Waals surface area (Å²) in [5, 5.41) is 5.60. The minimum absolute atomic E-state index is 0.0396. The molecule has 0 aliphatic heterocycles. The van der Waals surface area contributed by atoms with Gasteiger partial charge in [-0.1, -0.05) is 49.4 Å². The number of hydrogen-bond acceptors (Lipinski definition) is 3. The van der Waals surface area contributed by atoms with Gasteiger partial charge in [0.2, 0.25) is 5.91 Å². The van der Waals surface area contributed by atoms with Crippen LogP contribution in [0.15, 0.2) is 48.5 Å². The zero-order valence-electron chi connectivity index (χ0n) is 16.6. The number of carbonyl (C=O) groups is 2. The van der Waals surface area contributed by atoms with Gasteiger partial charge in [-0.05, 0) is 50.2 Å². The lowest BCUT2D eigenvalue weighted by Crippen LogP contribution is -2.40. The highest BCUT2D eigenvalue weighted by molar-refractivity contribution is 5.97. The molecule has 0 fully saturated rings. The molecule has 2 amide bonds. The molecule has 2 N–H and O–H groups in total. The number of aryl methyl sites for hydroxylation is 2.